The molecule has 0 radical (unpaired) electrons. The fourth-order valence-electron chi connectivity index (χ4n) is 3.38. The number of nitrogens with one attached hydrogen (secondary N) is 1. The zero-order valence-electron chi connectivity index (χ0n) is 15.5. The summed E-state index contributed by atoms with van der Waals surface area (Å²) in [6.45, 7) is 0.551. The van der Waals surface area contributed by atoms with E-state index < -0.39 is 0 Å². The number of carbonyl (C=O) groups is 1. The molecule has 0 aliphatic heterocycles. The van der Waals surface area contributed by atoms with Crippen molar-refractivity contribution in [1.29, 1.82) is 0 Å². The predicted octanol–water partition coefficient (Wildman–Crippen LogP) is 2.84. The number of methoxy groups -OCH3 is 1. The monoisotopic (exact) mass is 375 g/mol. The van der Waals surface area contributed by atoms with Gasteiger partial charge in [0.05, 0.1) is 12.6 Å². The Morgan fingerprint density at radius 2 is 2.25 bits per heavy atom. The van der Waals surface area contributed by atoms with E-state index >= 15 is 0 Å². The summed E-state index contributed by atoms with van der Waals surface area (Å²) in [4.78, 5) is 21.0. The molecular weight excluding hydrogens is 354 g/mol. The maximum absolute atomic E-state index is 12.8. The van der Waals surface area contributed by atoms with Gasteiger partial charge in [0.25, 0.3) is 5.91 Å². The van der Waals surface area contributed by atoms with E-state index in [9.17, 15) is 4.79 Å². The maximum atomic E-state index is 12.8. The second-order valence-corrected chi connectivity index (χ2v) is 6.58. The minimum Gasteiger partial charge on any atom is -0.497 e. The van der Waals surface area contributed by atoms with Crippen LogP contribution in [0.1, 0.15) is 16.8 Å². The van der Waals surface area contributed by atoms with Gasteiger partial charge in [0.15, 0.2) is 0 Å². The molecule has 1 aliphatic rings. The number of benzene rings is 1. The first-order valence-corrected chi connectivity index (χ1v) is 9.05. The number of fused-ring (bicyclic) bond motifs is 1. The number of nitrogens with two attached hydrogens (primary N) is 1. The summed E-state index contributed by atoms with van der Waals surface area (Å²) in [5.74, 6) is 1.81. The molecule has 2 heterocycles. The van der Waals surface area contributed by atoms with Crippen LogP contribution >= 0.6 is 0 Å². The van der Waals surface area contributed by atoms with Crippen molar-refractivity contribution < 1.29 is 9.53 Å². The highest BCUT2D eigenvalue weighted by Crippen LogP contribution is 2.23. The minimum absolute atomic E-state index is 0.104. The molecule has 142 valence electrons. The summed E-state index contributed by atoms with van der Waals surface area (Å²) in [5, 5.41) is 3.89. The van der Waals surface area contributed by atoms with Gasteiger partial charge >= 0.3 is 0 Å². The van der Waals surface area contributed by atoms with Crippen molar-refractivity contribution in [3.05, 3.63) is 72.3 Å². The van der Waals surface area contributed by atoms with Crippen LogP contribution in [0.3, 0.4) is 0 Å². The number of carbonyl (C=O) groups excluding carboxylic acids is 1. The zero-order chi connectivity index (χ0) is 19.5. The van der Waals surface area contributed by atoms with Crippen molar-refractivity contribution in [3.63, 3.8) is 0 Å². The number of amides is 1. The summed E-state index contributed by atoms with van der Waals surface area (Å²) in [7, 11) is 1.65. The Labute approximate surface area is 162 Å². The van der Waals surface area contributed by atoms with Crippen LogP contribution in [0.25, 0.3) is 16.7 Å². The number of rotatable bonds is 5. The van der Waals surface area contributed by atoms with Crippen LogP contribution in [0.15, 0.2) is 66.7 Å². The molecule has 4 rings (SSSR count). The third kappa shape index (κ3) is 3.46. The van der Waals surface area contributed by atoms with Gasteiger partial charge in [-0.15, -0.1) is 0 Å². The lowest BCUT2D eigenvalue weighted by Gasteiger charge is -2.17. The van der Waals surface area contributed by atoms with Gasteiger partial charge in [-0.1, -0.05) is 12.1 Å². The molecule has 7 heteroatoms. The van der Waals surface area contributed by atoms with E-state index in [0.29, 0.717) is 17.9 Å². The third-order valence-corrected chi connectivity index (χ3v) is 4.77. The first kappa shape index (κ1) is 17.8. The summed E-state index contributed by atoms with van der Waals surface area (Å²) >= 11 is 0. The number of ether oxygens (including phenoxy) is 1. The van der Waals surface area contributed by atoms with E-state index in [1.807, 2.05) is 47.2 Å². The van der Waals surface area contributed by atoms with E-state index in [-0.39, 0.29) is 17.8 Å². The summed E-state index contributed by atoms with van der Waals surface area (Å²) in [5.41, 5.74) is 7.21. The average molecular weight is 375 g/mol. The van der Waals surface area contributed by atoms with Gasteiger partial charge < -0.3 is 20.4 Å². The largest absolute Gasteiger partial charge is 0.497 e. The Balaban J connectivity index is 1.57. The Kier molecular flexibility index (Phi) is 4.80. The SMILES string of the molecule is COC1=CC(CNC(=O)c2cccc3c2ccn3-c2ccnc(N)n2)CC=C1. The first-order chi connectivity index (χ1) is 13.7. The maximum Gasteiger partial charge on any atom is 0.251 e. The van der Waals surface area contributed by atoms with E-state index in [1.54, 1.807) is 19.4 Å². The van der Waals surface area contributed by atoms with Crippen molar-refractivity contribution >= 4 is 22.8 Å². The molecule has 1 aliphatic carbocycles. The van der Waals surface area contributed by atoms with Gasteiger partial charge in [-0.3, -0.25) is 4.79 Å². The van der Waals surface area contributed by atoms with Crippen molar-refractivity contribution in [2.75, 3.05) is 19.4 Å². The Morgan fingerprint density at radius 3 is 3.07 bits per heavy atom. The number of aromatic nitrogens is 3. The molecule has 1 aromatic carbocycles. The molecule has 0 spiro atoms. The van der Waals surface area contributed by atoms with Crippen LogP contribution in [0.2, 0.25) is 0 Å². The third-order valence-electron chi connectivity index (χ3n) is 4.77. The highest BCUT2D eigenvalue weighted by Gasteiger charge is 2.16. The van der Waals surface area contributed by atoms with Gasteiger partial charge in [0.2, 0.25) is 5.95 Å². The van der Waals surface area contributed by atoms with Gasteiger partial charge in [0.1, 0.15) is 11.6 Å². The lowest BCUT2D eigenvalue weighted by molar-refractivity contribution is 0.0951. The Morgan fingerprint density at radius 1 is 1.36 bits per heavy atom. The first-order valence-electron chi connectivity index (χ1n) is 9.05. The highest BCUT2D eigenvalue weighted by atomic mass is 16.5. The fraction of sp³-hybridized carbons (Fsp3) is 0.190. The van der Waals surface area contributed by atoms with Crippen molar-refractivity contribution in [2.24, 2.45) is 5.92 Å². The van der Waals surface area contributed by atoms with E-state index in [4.69, 9.17) is 10.5 Å². The second-order valence-electron chi connectivity index (χ2n) is 6.58. The summed E-state index contributed by atoms with van der Waals surface area (Å²) in [6, 6.07) is 9.33. The molecule has 1 atom stereocenters. The molecule has 1 unspecified atom stereocenters. The molecule has 7 nitrogen and oxygen atoms in total. The molecule has 0 saturated carbocycles. The lowest BCUT2D eigenvalue weighted by atomic mass is 9.99. The number of allylic oxidation sites excluding steroid dienone is 2. The van der Waals surface area contributed by atoms with E-state index in [0.717, 1.165) is 23.1 Å². The molecule has 0 bridgehead atoms. The topological polar surface area (TPSA) is 95.1 Å². The normalized spacial score (nSPS) is 16.0. The summed E-state index contributed by atoms with van der Waals surface area (Å²) in [6.07, 6.45) is 10.4. The van der Waals surface area contributed by atoms with Crippen molar-refractivity contribution in [3.8, 4) is 5.82 Å². The van der Waals surface area contributed by atoms with Crippen LogP contribution in [0.4, 0.5) is 5.95 Å². The molecule has 0 fully saturated rings. The standard InChI is InChI=1S/C21H21N5O2/c1-28-15-5-2-4-14(12-15)13-24-20(27)17-6-3-7-18-16(17)9-11-26(18)19-8-10-23-21(22)25-19/h2-3,5-12,14H,4,13H2,1H3,(H,24,27)(H2,22,23,25). The molecule has 1 amide bonds. The van der Waals surface area contributed by atoms with Gasteiger partial charge in [-0.2, -0.15) is 4.98 Å². The predicted molar refractivity (Wildman–Crippen MR) is 108 cm³/mol. The van der Waals surface area contributed by atoms with Crippen molar-refractivity contribution in [1.82, 2.24) is 19.9 Å². The quantitative estimate of drug-likeness (QED) is 0.715. The Bertz CT molecular complexity index is 1080. The van der Waals surface area contributed by atoms with Gasteiger partial charge in [-0.25, -0.2) is 4.98 Å². The lowest BCUT2D eigenvalue weighted by Crippen LogP contribution is -2.29. The Hall–Kier alpha value is -3.61. The molecule has 2 aromatic heterocycles. The zero-order valence-corrected chi connectivity index (χ0v) is 15.5. The van der Waals surface area contributed by atoms with Crippen LogP contribution in [-0.2, 0) is 4.74 Å². The van der Waals surface area contributed by atoms with Crippen LogP contribution < -0.4 is 11.1 Å². The highest BCUT2D eigenvalue weighted by molar-refractivity contribution is 6.06. The molecule has 3 N–H and O–H groups in total. The van der Waals surface area contributed by atoms with Crippen LogP contribution in [0.5, 0.6) is 0 Å². The molecule has 28 heavy (non-hydrogen) atoms. The number of nitrogens with zero attached hydrogens (tertiary/aromatic N) is 3. The minimum atomic E-state index is -0.104. The van der Waals surface area contributed by atoms with Crippen molar-refractivity contribution in [2.45, 2.75) is 6.42 Å². The number of hydrogen-bond donors (Lipinski definition) is 2. The van der Waals surface area contributed by atoms with E-state index in [1.165, 1.54) is 0 Å². The smallest absolute Gasteiger partial charge is 0.251 e. The van der Waals surface area contributed by atoms with Gasteiger partial charge in [-0.05, 0) is 42.8 Å². The fourth-order valence-corrected chi connectivity index (χ4v) is 3.38. The molecule has 3 aromatic rings. The van der Waals surface area contributed by atoms with Gasteiger partial charge in [0, 0.05) is 35.8 Å². The number of nitrogen functional groups attached to an aromatic ring is 1. The average Bonchev–Trinajstić information content (AvgIpc) is 3.16. The molecule has 0 saturated heterocycles. The van der Waals surface area contributed by atoms with E-state index in [2.05, 4.69) is 21.4 Å². The summed E-state index contributed by atoms with van der Waals surface area (Å²) < 4.78 is 7.16. The van der Waals surface area contributed by atoms with Crippen LogP contribution in [-0.4, -0.2) is 34.1 Å². The van der Waals surface area contributed by atoms with Crippen LogP contribution in [0, 0.1) is 5.92 Å². The number of anilines is 1. The number of hydrogen-bond acceptors (Lipinski definition) is 5. The molecular formula is C21H21N5O2. The second kappa shape index (κ2) is 7.56.